The molecular weight excluding hydrogens is 210 g/mol. The van der Waals surface area contributed by atoms with Gasteiger partial charge in [0.25, 0.3) is 5.91 Å². The summed E-state index contributed by atoms with van der Waals surface area (Å²) in [6.45, 7) is 1.19. The number of furan rings is 1. The molecule has 0 aliphatic carbocycles. The minimum Gasteiger partial charge on any atom is -0.480 e. The number of rotatable bonds is 4. The molecule has 0 saturated carbocycles. The van der Waals surface area contributed by atoms with Crippen molar-refractivity contribution in [1.29, 1.82) is 0 Å². The first kappa shape index (κ1) is 11.9. The number of carbonyl (C=O) groups excluding carboxylic acids is 1. The maximum Gasteiger partial charge on any atom is 0.323 e. The lowest BCUT2D eigenvalue weighted by Gasteiger charge is -2.16. The van der Waals surface area contributed by atoms with Crippen LogP contribution in [0, 0.1) is 19.3 Å². The van der Waals surface area contributed by atoms with Crippen LogP contribution in [0.1, 0.15) is 16.1 Å². The first-order valence-corrected chi connectivity index (χ1v) is 4.55. The number of aryl methyl sites for hydroxylation is 1. The van der Waals surface area contributed by atoms with Crippen LogP contribution in [0.3, 0.4) is 0 Å². The largest absolute Gasteiger partial charge is 0.480 e. The van der Waals surface area contributed by atoms with Crippen molar-refractivity contribution in [3.63, 3.8) is 0 Å². The molecular formula is C11H11NO4. The van der Waals surface area contributed by atoms with E-state index >= 15 is 0 Å². The molecule has 1 aromatic heterocycles. The molecule has 5 nitrogen and oxygen atoms in total. The summed E-state index contributed by atoms with van der Waals surface area (Å²) in [5, 5.41) is 8.63. The second-order valence-corrected chi connectivity index (χ2v) is 3.19. The monoisotopic (exact) mass is 221 g/mol. The van der Waals surface area contributed by atoms with Crippen molar-refractivity contribution in [2.24, 2.45) is 0 Å². The van der Waals surface area contributed by atoms with E-state index in [9.17, 15) is 9.59 Å². The lowest BCUT2D eigenvalue weighted by Crippen LogP contribution is -2.36. The van der Waals surface area contributed by atoms with Crippen molar-refractivity contribution in [3.05, 3.63) is 23.7 Å². The predicted molar refractivity (Wildman–Crippen MR) is 55.8 cm³/mol. The van der Waals surface area contributed by atoms with Crippen LogP contribution >= 0.6 is 0 Å². The second kappa shape index (κ2) is 5.03. The zero-order valence-electron chi connectivity index (χ0n) is 8.77. The number of amides is 1. The maximum atomic E-state index is 11.8. The third-order valence-corrected chi connectivity index (χ3v) is 1.95. The van der Waals surface area contributed by atoms with Gasteiger partial charge in [0.1, 0.15) is 6.54 Å². The van der Waals surface area contributed by atoms with Gasteiger partial charge in [0.15, 0.2) is 5.76 Å². The molecule has 0 atom stereocenters. The fourth-order valence-electron chi connectivity index (χ4n) is 1.21. The fourth-order valence-corrected chi connectivity index (χ4v) is 1.21. The summed E-state index contributed by atoms with van der Waals surface area (Å²) in [6.07, 6.45) is 6.44. The predicted octanol–water partition coefficient (Wildman–Crippen LogP) is 0.748. The number of carboxylic acids is 1. The summed E-state index contributed by atoms with van der Waals surface area (Å²) in [5.41, 5.74) is 0.650. The van der Waals surface area contributed by atoms with E-state index in [1.165, 1.54) is 6.26 Å². The van der Waals surface area contributed by atoms with E-state index in [1.807, 2.05) is 0 Å². The minimum absolute atomic E-state index is 0.0642. The number of hydrogen-bond acceptors (Lipinski definition) is 3. The van der Waals surface area contributed by atoms with Gasteiger partial charge >= 0.3 is 5.97 Å². The van der Waals surface area contributed by atoms with E-state index in [0.29, 0.717) is 5.56 Å². The molecule has 0 aromatic carbocycles. The molecule has 1 heterocycles. The highest BCUT2D eigenvalue weighted by Gasteiger charge is 2.21. The Morgan fingerprint density at radius 3 is 2.75 bits per heavy atom. The second-order valence-electron chi connectivity index (χ2n) is 3.19. The molecule has 0 unspecified atom stereocenters. The summed E-state index contributed by atoms with van der Waals surface area (Å²) in [7, 11) is 0. The highest BCUT2D eigenvalue weighted by atomic mass is 16.4. The Morgan fingerprint density at radius 2 is 2.31 bits per heavy atom. The number of carboxylic acid groups (broad SMARTS) is 1. The van der Waals surface area contributed by atoms with E-state index in [4.69, 9.17) is 15.9 Å². The van der Waals surface area contributed by atoms with E-state index in [1.54, 1.807) is 13.0 Å². The highest BCUT2D eigenvalue weighted by molar-refractivity contribution is 5.94. The highest BCUT2D eigenvalue weighted by Crippen LogP contribution is 2.11. The molecule has 0 radical (unpaired) electrons. The number of hydrogen-bond donors (Lipinski definition) is 1. The van der Waals surface area contributed by atoms with Crippen molar-refractivity contribution < 1.29 is 19.1 Å². The SMILES string of the molecule is C#CCN(CC(=O)O)C(=O)c1occc1C. The van der Waals surface area contributed by atoms with Gasteiger partial charge in [-0.3, -0.25) is 9.59 Å². The van der Waals surface area contributed by atoms with Crippen LogP contribution in [0.15, 0.2) is 16.7 Å². The Kier molecular flexibility index (Phi) is 3.72. The molecule has 5 heteroatoms. The summed E-state index contributed by atoms with van der Waals surface area (Å²) >= 11 is 0. The zero-order chi connectivity index (χ0) is 12.1. The van der Waals surface area contributed by atoms with E-state index in [2.05, 4.69) is 5.92 Å². The first-order chi connectivity index (χ1) is 7.56. The molecule has 1 rings (SSSR count). The molecule has 0 fully saturated rings. The van der Waals surface area contributed by atoms with E-state index in [0.717, 1.165) is 4.90 Å². The van der Waals surface area contributed by atoms with Gasteiger partial charge < -0.3 is 14.4 Å². The van der Waals surface area contributed by atoms with Crippen LogP contribution in [0.25, 0.3) is 0 Å². The van der Waals surface area contributed by atoms with Crippen LogP contribution < -0.4 is 0 Å². The van der Waals surface area contributed by atoms with Gasteiger partial charge in [-0.05, 0) is 13.0 Å². The van der Waals surface area contributed by atoms with Crippen molar-refractivity contribution in [2.75, 3.05) is 13.1 Å². The summed E-state index contributed by atoms with van der Waals surface area (Å²) in [6, 6.07) is 1.63. The van der Waals surface area contributed by atoms with Crippen LogP contribution in [0.5, 0.6) is 0 Å². The molecule has 0 spiro atoms. The molecule has 0 aliphatic heterocycles. The lowest BCUT2D eigenvalue weighted by atomic mass is 10.2. The Hall–Kier alpha value is -2.22. The normalized spacial score (nSPS) is 9.50. The molecule has 0 bridgehead atoms. The number of terminal acetylenes is 1. The van der Waals surface area contributed by atoms with Gasteiger partial charge in [-0.2, -0.15) is 0 Å². The molecule has 0 aliphatic rings. The topological polar surface area (TPSA) is 70.8 Å². The summed E-state index contributed by atoms with van der Waals surface area (Å²) in [4.78, 5) is 23.4. The van der Waals surface area contributed by atoms with Gasteiger partial charge in [0, 0.05) is 5.56 Å². The van der Waals surface area contributed by atoms with Crippen LogP contribution in [0.2, 0.25) is 0 Å². The van der Waals surface area contributed by atoms with Gasteiger partial charge in [-0.25, -0.2) is 0 Å². The van der Waals surface area contributed by atoms with Gasteiger partial charge in [0.05, 0.1) is 12.8 Å². The standard InChI is InChI=1S/C11H11NO4/c1-3-5-12(7-9(13)14)11(15)10-8(2)4-6-16-10/h1,4,6H,5,7H2,2H3,(H,13,14). The number of aliphatic carboxylic acids is 1. The van der Waals surface area contributed by atoms with Crippen molar-refractivity contribution in [2.45, 2.75) is 6.92 Å². The Labute approximate surface area is 92.7 Å². The first-order valence-electron chi connectivity index (χ1n) is 4.55. The Bertz CT molecular complexity index is 441. The third kappa shape index (κ3) is 2.64. The van der Waals surface area contributed by atoms with Crippen LogP contribution in [-0.4, -0.2) is 35.0 Å². The van der Waals surface area contributed by atoms with Gasteiger partial charge in [-0.15, -0.1) is 6.42 Å². The van der Waals surface area contributed by atoms with Crippen molar-refractivity contribution in [1.82, 2.24) is 4.90 Å². The molecule has 1 amide bonds. The van der Waals surface area contributed by atoms with Gasteiger partial charge in [0.2, 0.25) is 0 Å². The van der Waals surface area contributed by atoms with Gasteiger partial charge in [-0.1, -0.05) is 5.92 Å². The smallest absolute Gasteiger partial charge is 0.323 e. The molecule has 0 saturated heterocycles. The minimum atomic E-state index is -1.12. The molecule has 16 heavy (non-hydrogen) atoms. The summed E-state index contributed by atoms with van der Waals surface area (Å²) < 4.78 is 4.98. The molecule has 1 aromatic rings. The van der Waals surface area contributed by atoms with Crippen molar-refractivity contribution in [3.8, 4) is 12.3 Å². The van der Waals surface area contributed by atoms with Crippen LogP contribution in [-0.2, 0) is 4.79 Å². The molecule has 1 N–H and O–H groups in total. The summed E-state index contributed by atoms with van der Waals surface area (Å²) in [5.74, 6) is 0.728. The quantitative estimate of drug-likeness (QED) is 0.761. The average Bonchev–Trinajstić information content (AvgIpc) is 2.62. The number of nitrogens with zero attached hydrogens (tertiary/aromatic N) is 1. The van der Waals surface area contributed by atoms with E-state index < -0.39 is 18.4 Å². The Balaban J connectivity index is 2.88. The molecule has 84 valence electrons. The number of carbonyl (C=O) groups is 2. The van der Waals surface area contributed by atoms with Crippen molar-refractivity contribution >= 4 is 11.9 Å². The Morgan fingerprint density at radius 1 is 1.62 bits per heavy atom. The lowest BCUT2D eigenvalue weighted by molar-refractivity contribution is -0.137. The average molecular weight is 221 g/mol. The third-order valence-electron chi connectivity index (χ3n) is 1.95. The maximum absolute atomic E-state index is 11.8. The van der Waals surface area contributed by atoms with Crippen LogP contribution in [0.4, 0.5) is 0 Å². The zero-order valence-corrected chi connectivity index (χ0v) is 8.77. The van der Waals surface area contributed by atoms with E-state index in [-0.39, 0.29) is 12.3 Å². The fraction of sp³-hybridized carbons (Fsp3) is 0.273.